The first-order valence-corrected chi connectivity index (χ1v) is 11.6. The van der Waals surface area contributed by atoms with Gasteiger partial charge >= 0.3 is 11.9 Å². The molecule has 1 amide bonds. The SMILES string of the molecule is CCOC(=O)c1csc(NC(=O)c2ccc(CS(C)(=O)=O)cc2)c1C(=O)OCC. The molecule has 0 aliphatic carbocycles. The summed E-state index contributed by atoms with van der Waals surface area (Å²) < 4.78 is 32.7. The molecule has 0 radical (unpaired) electrons. The normalized spacial score (nSPS) is 11.0. The third kappa shape index (κ3) is 6.13. The Morgan fingerprint density at radius 1 is 1.00 bits per heavy atom. The Labute approximate surface area is 172 Å². The van der Waals surface area contributed by atoms with Gasteiger partial charge in [0.25, 0.3) is 5.91 Å². The molecular weight excluding hydrogens is 418 g/mol. The number of nitrogens with one attached hydrogen (secondary N) is 1. The summed E-state index contributed by atoms with van der Waals surface area (Å²) in [6, 6.07) is 6.06. The number of hydrogen-bond donors (Lipinski definition) is 1. The standard InChI is InChI=1S/C19H21NO7S2/c1-4-26-18(22)14-10-28-17(15(14)19(23)27-5-2)20-16(21)13-8-6-12(7-9-13)11-29(3,24)25/h6-10H,4-5,11H2,1-3H3,(H,20,21). The van der Waals surface area contributed by atoms with Gasteiger partial charge in [-0.15, -0.1) is 11.3 Å². The smallest absolute Gasteiger partial charge is 0.342 e. The zero-order valence-electron chi connectivity index (χ0n) is 16.2. The number of anilines is 1. The van der Waals surface area contributed by atoms with Crippen molar-refractivity contribution in [1.29, 1.82) is 0 Å². The molecule has 0 saturated carbocycles. The largest absolute Gasteiger partial charge is 0.462 e. The van der Waals surface area contributed by atoms with Crippen molar-refractivity contribution in [2.45, 2.75) is 19.6 Å². The van der Waals surface area contributed by atoms with Crippen LogP contribution in [-0.4, -0.2) is 45.7 Å². The zero-order chi connectivity index (χ0) is 21.6. The molecule has 156 valence electrons. The molecule has 0 aliphatic heterocycles. The number of amides is 1. The van der Waals surface area contributed by atoms with E-state index >= 15 is 0 Å². The summed E-state index contributed by atoms with van der Waals surface area (Å²) >= 11 is 1.01. The number of sulfone groups is 1. The van der Waals surface area contributed by atoms with Crippen LogP contribution in [0.4, 0.5) is 5.00 Å². The van der Waals surface area contributed by atoms with Gasteiger partial charge in [0.15, 0.2) is 9.84 Å². The first-order chi connectivity index (χ1) is 13.7. The van der Waals surface area contributed by atoms with Crippen molar-refractivity contribution in [1.82, 2.24) is 0 Å². The summed E-state index contributed by atoms with van der Waals surface area (Å²) in [6.45, 7) is 3.51. The summed E-state index contributed by atoms with van der Waals surface area (Å²) in [7, 11) is -3.18. The van der Waals surface area contributed by atoms with Crippen LogP contribution in [0.3, 0.4) is 0 Å². The van der Waals surface area contributed by atoms with Gasteiger partial charge in [-0.3, -0.25) is 4.79 Å². The molecule has 0 atom stereocenters. The average Bonchev–Trinajstić information content (AvgIpc) is 3.05. The Kier molecular flexibility index (Phi) is 7.52. The highest BCUT2D eigenvalue weighted by atomic mass is 32.2. The number of carbonyl (C=O) groups is 3. The van der Waals surface area contributed by atoms with Crippen molar-refractivity contribution in [2.24, 2.45) is 0 Å². The van der Waals surface area contributed by atoms with Gasteiger partial charge in [-0.2, -0.15) is 0 Å². The van der Waals surface area contributed by atoms with Crippen LogP contribution in [0.15, 0.2) is 29.6 Å². The third-order valence-electron chi connectivity index (χ3n) is 3.64. The quantitative estimate of drug-likeness (QED) is 0.629. The van der Waals surface area contributed by atoms with E-state index in [9.17, 15) is 22.8 Å². The second-order valence-corrected chi connectivity index (χ2v) is 9.04. The molecular formula is C19H21NO7S2. The molecule has 0 fully saturated rings. The molecule has 2 rings (SSSR count). The predicted molar refractivity (Wildman–Crippen MR) is 109 cm³/mol. The molecule has 1 aromatic heterocycles. The van der Waals surface area contributed by atoms with Gasteiger partial charge in [0.05, 0.1) is 24.5 Å². The number of hydrogen-bond acceptors (Lipinski definition) is 8. The summed E-state index contributed by atoms with van der Waals surface area (Å²) in [6.07, 6.45) is 1.13. The average molecular weight is 440 g/mol. The van der Waals surface area contributed by atoms with Gasteiger partial charge in [-0.25, -0.2) is 18.0 Å². The van der Waals surface area contributed by atoms with E-state index in [4.69, 9.17) is 9.47 Å². The van der Waals surface area contributed by atoms with Crippen LogP contribution in [0.1, 0.15) is 50.5 Å². The summed E-state index contributed by atoms with van der Waals surface area (Å²) in [5.41, 5.74) is 0.784. The van der Waals surface area contributed by atoms with Crippen LogP contribution in [0, 0.1) is 0 Å². The zero-order valence-corrected chi connectivity index (χ0v) is 17.8. The number of thiophene rings is 1. The molecule has 2 aromatic rings. The lowest BCUT2D eigenvalue weighted by atomic mass is 10.1. The Hall–Kier alpha value is -2.72. The van der Waals surface area contributed by atoms with Gasteiger partial charge in [-0.05, 0) is 31.5 Å². The minimum absolute atomic E-state index is 0.0223. The Morgan fingerprint density at radius 3 is 2.14 bits per heavy atom. The van der Waals surface area contributed by atoms with E-state index in [1.54, 1.807) is 26.0 Å². The van der Waals surface area contributed by atoms with Crippen LogP contribution >= 0.6 is 11.3 Å². The van der Waals surface area contributed by atoms with Gasteiger partial charge in [0, 0.05) is 17.2 Å². The van der Waals surface area contributed by atoms with Gasteiger partial charge in [-0.1, -0.05) is 12.1 Å². The van der Waals surface area contributed by atoms with E-state index in [-0.39, 0.29) is 40.7 Å². The molecule has 1 heterocycles. The second kappa shape index (κ2) is 9.66. The van der Waals surface area contributed by atoms with Crippen molar-refractivity contribution in [3.05, 3.63) is 51.9 Å². The number of ether oxygens (including phenoxy) is 2. The Balaban J connectivity index is 2.27. The molecule has 0 aliphatic rings. The van der Waals surface area contributed by atoms with Crippen LogP contribution in [0.5, 0.6) is 0 Å². The topological polar surface area (TPSA) is 116 Å². The van der Waals surface area contributed by atoms with Crippen molar-refractivity contribution in [3.8, 4) is 0 Å². The molecule has 29 heavy (non-hydrogen) atoms. The first kappa shape index (κ1) is 22.6. The fourth-order valence-electron chi connectivity index (χ4n) is 2.45. The molecule has 8 nitrogen and oxygen atoms in total. The molecule has 1 aromatic carbocycles. The third-order valence-corrected chi connectivity index (χ3v) is 5.39. The predicted octanol–water partition coefficient (Wildman–Crippen LogP) is 2.90. The van der Waals surface area contributed by atoms with Gasteiger partial charge in [0.2, 0.25) is 0 Å². The highest BCUT2D eigenvalue weighted by Gasteiger charge is 2.26. The second-order valence-electron chi connectivity index (χ2n) is 6.02. The summed E-state index contributed by atoms with van der Waals surface area (Å²) in [5, 5.41) is 4.19. The molecule has 0 saturated heterocycles. The van der Waals surface area contributed by atoms with Crippen LogP contribution in [0.25, 0.3) is 0 Å². The Morgan fingerprint density at radius 2 is 1.59 bits per heavy atom. The maximum atomic E-state index is 12.6. The number of carbonyl (C=O) groups excluding carboxylic acids is 3. The maximum absolute atomic E-state index is 12.6. The lowest BCUT2D eigenvalue weighted by Gasteiger charge is -2.09. The van der Waals surface area contributed by atoms with Crippen molar-refractivity contribution in [2.75, 3.05) is 24.8 Å². The van der Waals surface area contributed by atoms with Crippen LogP contribution in [0.2, 0.25) is 0 Å². The van der Waals surface area contributed by atoms with E-state index in [0.29, 0.717) is 5.56 Å². The lowest BCUT2D eigenvalue weighted by molar-refractivity contribution is 0.0481. The van der Waals surface area contributed by atoms with Crippen molar-refractivity contribution >= 4 is 44.0 Å². The van der Waals surface area contributed by atoms with Crippen LogP contribution < -0.4 is 5.32 Å². The van der Waals surface area contributed by atoms with Crippen LogP contribution in [-0.2, 0) is 25.1 Å². The summed E-state index contributed by atoms with van der Waals surface area (Å²) in [4.78, 5) is 37.0. The van der Waals surface area contributed by atoms with Crippen molar-refractivity contribution < 1.29 is 32.3 Å². The Bertz CT molecular complexity index is 1010. The monoisotopic (exact) mass is 439 g/mol. The fourth-order valence-corrected chi connectivity index (χ4v) is 4.16. The van der Waals surface area contributed by atoms with E-state index in [1.165, 1.54) is 17.5 Å². The summed E-state index contributed by atoms with van der Waals surface area (Å²) in [5.74, 6) is -2.07. The maximum Gasteiger partial charge on any atom is 0.342 e. The first-order valence-electron chi connectivity index (χ1n) is 8.70. The highest BCUT2D eigenvalue weighted by Crippen LogP contribution is 2.30. The minimum atomic E-state index is -3.18. The van der Waals surface area contributed by atoms with Crippen molar-refractivity contribution in [3.63, 3.8) is 0 Å². The molecule has 1 N–H and O–H groups in total. The minimum Gasteiger partial charge on any atom is -0.462 e. The highest BCUT2D eigenvalue weighted by molar-refractivity contribution is 7.89. The fraction of sp³-hybridized carbons (Fsp3) is 0.316. The molecule has 0 unspecified atom stereocenters. The number of esters is 2. The lowest BCUT2D eigenvalue weighted by Crippen LogP contribution is -2.17. The van der Waals surface area contributed by atoms with E-state index in [2.05, 4.69) is 5.32 Å². The molecule has 0 bridgehead atoms. The molecule has 10 heteroatoms. The van der Waals surface area contributed by atoms with Gasteiger partial charge < -0.3 is 14.8 Å². The van der Waals surface area contributed by atoms with E-state index < -0.39 is 27.7 Å². The number of rotatable bonds is 8. The molecule has 0 spiro atoms. The van der Waals surface area contributed by atoms with Gasteiger partial charge in [0.1, 0.15) is 10.6 Å². The van der Waals surface area contributed by atoms with E-state index in [0.717, 1.165) is 17.6 Å². The number of benzene rings is 1. The van der Waals surface area contributed by atoms with E-state index in [1.807, 2.05) is 0 Å².